The number of carbonyl (C=O) groups excluding carboxylic acids is 1. The van der Waals surface area contributed by atoms with E-state index in [1.165, 1.54) is 0 Å². The Morgan fingerprint density at radius 3 is 2.68 bits per heavy atom. The summed E-state index contributed by atoms with van der Waals surface area (Å²) in [6, 6.07) is 0. The highest BCUT2D eigenvalue weighted by atomic mass is 16.5. The van der Waals surface area contributed by atoms with Crippen LogP contribution in [0.2, 0.25) is 0 Å². The highest BCUT2D eigenvalue weighted by Gasteiger charge is 2.18. The first-order valence-corrected chi connectivity index (χ1v) is 7.09. The summed E-state index contributed by atoms with van der Waals surface area (Å²) in [4.78, 5) is 11.1. The molecule has 0 saturated carbocycles. The van der Waals surface area contributed by atoms with Gasteiger partial charge in [0, 0.05) is 33.1 Å². The Morgan fingerprint density at radius 1 is 1.32 bits per heavy atom. The van der Waals surface area contributed by atoms with E-state index in [-0.39, 0.29) is 5.97 Å². The van der Waals surface area contributed by atoms with E-state index in [0.717, 1.165) is 25.8 Å². The summed E-state index contributed by atoms with van der Waals surface area (Å²) < 4.78 is 9.80. The topological polar surface area (TPSA) is 67.8 Å². The molecule has 19 heavy (non-hydrogen) atoms. The number of ether oxygens (including phenoxy) is 2. The third kappa shape index (κ3) is 12.1. The number of hydrogen-bond donors (Lipinski definition) is 2. The largest absolute Gasteiger partial charge is 0.466 e. The maximum Gasteiger partial charge on any atom is 0.305 e. The van der Waals surface area contributed by atoms with E-state index in [0.29, 0.717) is 32.6 Å². The summed E-state index contributed by atoms with van der Waals surface area (Å²) in [5, 5.41) is 13.2. The molecule has 0 rings (SSSR count). The van der Waals surface area contributed by atoms with Crippen LogP contribution < -0.4 is 5.32 Å². The molecule has 0 spiro atoms. The third-order valence-corrected chi connectivity index (χ3v) is 2.89. The van der Waals surface area contributed by atoms with E-state index in [2.05, 4.69) is 5.32 Å². The first-order chi connectivity index (χ1) is 9.02. The lowest BCUT2D eigenvalue weighted by Gasteiger charge is -2.23. The SMILES string of the molecule is CCOC(=O)CCCCCNCC(C)(O)CCOC. The van der Waals surface area contributed by atoms with Crippen LogP contribution in [0.5, 0.6) is 0 Å². The predicted molar refractivity (Wildman–Crippen MR) is 75.1 cm³/mol. The van der Waals surface area contributed by atoms with E-state index >= 15 is 0 Å². The van der Waals surface area contributed by atoms with Gasteiger partial charge < -0.3 is 19.9 Å². The average Bonchev–Trinajstić information content (AvgIpc) is 2.35. The fourth-order valence-corrected chi connectivity index (χ4v) is 1.70. The molecule has 0 fully saturated rings. The first kappa shape index (κ1) is 18.4. The quantitative estimate of drug-likeness (QED) is 0.417. The maximum absolute atomic E-state index is 11.1. The van der Waals surface area contributed by atoms with Gasteiger partial charge in [0.1, 0.15) is 0 Å². The first-order valence-electron chi connectivity index (χ1n) is 7.09. The number of nitrogens with one attached hydrogen (secondary N) is 1. The summed E-state index contributed by atoms with van der Waals surface area (Å²) >= 11 is 0. The fourth-order valence-electron chi connectivity index (χ4n) is 1.70. The van der Waals surface area contributed by atoms with Gasteiger partial charge in [0.2, 0.25) is 0 Å². The number of hydrogen-bond acceptors (Lipinski definition) is 5. The number of rotatable bonds is 12. The number of esters is 1. The average molecular weight is 275 g/mol. The standard InChI is InChI=1S/C14H29NO4/c1-4-19-13(16)8-6-5-7-10-15-12-14(2,17)9-11-18-3/h15,17H,4-12H2,1-3H3. The molecule has 0 aromatic carbocycles. The third-order valence-electron chi connectivity index (χ3n) is 2.89. The number of aliphatic hydroxyl groups is 1. The van der Waals surface area contributed by atoms with E-state index in [9.17, 15) is 9.90 Å². The summed E-state index contributed by atoms with van der Waals surface area (Å²) in [6.07, 6.45) is 3.98. The Morgan fingerprint density at radius 2 is 2.05 bits per heavy atom. The number of carbonyl (C=O) groups is 1. The van der Waals surface area contributed by atoms with Crippen molar-refractivity contribution >= 4 is 5.97 Å². The zero-order valence-corrected chi connectivity index (χ0v) is 12.5. The van der Waals surface area contributed by atoms with Crippen molar-refractivity contribution in [3.63, 3.8) is 0 Å². The van der Waals surface area contributed by atoms with Gasteiger partial charge in [0.15, 0.2) is 0 Å². The Balaban J connectivity index is 3.37. The zero-order valence-electron chi connectivity index (χ0n) is 12.5. The van der Waals surface area contributed by atoms with Crippen molar-refractivity contribution in [3.05, 3.63) is 0 Å². The molecule has 0 aliphatic carbocycles. The summed E-state index contributed by atoms with van der Waals surface area (Å²) in [6.45, 7) is 6.06. The lowest BCUT2D eigenvalue weighted by Crippen LogP contribution is -2.39. The molecule has 0 bridgehead atoms. The van der Waals surface area contributed by atoms with Gasteiger partial charge in [-0.05, 0) is 33.2 Å². The van der Waals surface area contributed by atoms with Crippen LogP contribution >= 0.6 is 0 Å². The maximum atomic E-state index is 11.1. The van der Waals surface area contributed by atoms with Crippen LogP contribution in [0.25, 0.3) is 0 Å². The fraction of sp³-hybridized carbons (Fsp3) is 0.929. The van der Waals surface area contributed by atoms with Crippen LogP contribution in [-0.4, -0.2) is 50.1 Å². The van der Waals surface area contributed by atoms with Crippen molar-refractivity contribution in [1.29, 1.82) is 0 Å². The number of unbranched alkanes of at least 4 members (excludes halogenated alkanes) is 2. The summed E-state index contributed by atoms with van der Waals surface area (Å²) in [7, 11) is 1.63. The second-order valence-corrected chi connectivity index (χ2v) is 5.03. The molecular weight excluding hydrogens is 246 g/mol. The minimum absolute atomic E-state index is 0.113. The normalized spacial score (nSPS) is 14.1. The predicted octanol–water partition coefficient (Wildman–Crippen LogP) is 1.49. The monoisotopic (exact) mass is 275 g/mol. The van der Waals surface area contributed by atoms with Gasteiger partial charge >= 0.3 is 5.97 Å². The lowest BCUT2D eigenvalue weighted by atomic mass is 10.0. The molecule has 1 unspecified atom stereocenters. The molecular formula is C14H29NO4. The van der Waals surface area contributed by atoms with Gasteiger partial charge in [-0.3, -0.25) is 4.79 Å². The van der Waals surface area contributed by atoms with Crippen LogP contribution in [0, 0.1) is 0 Å². The lowest BCUT2D eigenvalue weighted by molar-refractivity contribution is -0.143. The molecule has 0 radical (unpaired) electrons. The minimum atomic E-state index is -0.721. The highest BCUT2D eigenvalue weighted by Crippen LogP contribution is 2.07. The second kappa shape index (κ2) is 11.2. The molecule has 2 N–H and O–H groups in total. The van der Waals surface area contributed by atoms with Gasteiger partial charge in [-0.1, -0.05) is 6.42 Å². The van der Waals surface area contributed by atoms with Gasteiger partial charge in [-0.25, -0.2) is 0 Å². The smallest absolute Gasteiger partial charge is 0.305 e. The molecule has 0 aromatic rings. The van der Waals surface area contributed by atoms with E-state index in [4.69, 9.17) is 9.47 Å². The Kier molecular flexibility index (Phi) is 10.8. The number of methoxy groups -OCH3 is 1. The van der Waals surface area contributed by atoms with Crippen molar-refractivity contribution in [3.8, 4) is 0 Å². The summed E-state index contributed by atoms with van der Waals surface area (Å²) in [5.41, 5.74) is -0.721. The molecule has 0 aliphatic rings. The van der Waals surface area contributed by atoms with E-state index < -0.39 is 5.60 Å². The van der Waals surface area contributed by atoms with Crippen LogP contribution in [0.3, 0.4) is 0 Å². The van der Waals surface area contributed by atoms with Gasteiger partial charge in [0.25, 0.3) is 0 Å². The molecule has 0 saturated heterocycles. The molecule has 114 valence electrons. The Bertz CT molecular complexity index is 231. The molecule has 1 atom stereocenters. The van der Waals surface area contributed by atoms with Crippen molar-refractivity contribution in [2.24, 2.45) is 0 Å². The van der Waals surface area contributed by atoms with Crippen LogP contribution in [0.15, 0.2) is 0 Å². The van der Waals surface area contributed by atoms with Crippen molar-refractivity contribution in [2.45, 2.75) is 51.6 Å². The van der Waals surface area contributed by atoms with Crippen LogP contribution in [0.4, 0.5) is 0 Å². The van der Waals surface area contributed by atoms with Gasteiger partial charge in [-0.2, -0.15) is 0 Å². The van der Waals surface area contributed by atoms with Gasteiger partial charge in [0.05, 0.1) is 12.2 Å². The summed E-state index contributed by atoms with van der Waals surface area (Å²) in [5.74, 6) is -0.113. The van der Waals surface area contributed by atoms with E-state index in [1.54, 1.807) is 14.0 Å². The van der Waals surface area contributed by atoms with Gasteiger partial charge in [-0.15, -0.1) is 0 Å². The van der Waals surface area contributed by atoms with Crippen molar-refractivity contribution in [2.75, 3.05) is 33.4 Å². The second-order valence-electron chi connectivity index (χ2n) is 5.03. The molecule has 0 aromatic heterocycles. The molecule has 0 heterocycles. The van der Waals surface area contributed by atoms with Crippen molar-refractivity contribution in [1.82, 2.24) is 5.32 Å². The Hall–Kier alpha value is -0.650. The molecule has 0 aliphatic heterocycles. The molecule has 0 amide bonds. The minimum Gasteiger partial charge on any atom is -0.466 e. The van der Waals surface area contributed by atoms with Crippen LogP contribution in [-0.2, 0) is 14.3 Å². The van der Waals surface area contributed by atoms with Crippen LogP contribution in [0.1, 0.15) is 46.0 Å². The zero-order chi connectivity index (χ0) is 14.6. The Labute approximate surface area is 116 Å². The molecule has 5 nitrogen and oxygen atoms in total. The van der Waals surface area contributed by atoms with E-state index in [1.807, 2.05) is 6.92 Å². The van der Waals surface area contributed by atoms with Crippen molar-refractivity contribution < 1.29 is 19.4 Å². The molecule has 5 heteroatoms. The highest BCUT2D eigenvalue weighted by molar-refractivity contribution is 5.69.